The highest BCUT2D eigenvalue weighted by Crippen LogP contribution is 2.44. The number of fused-ring (bicyclic) bond motifs is 7. The van der Waals surface area contributed by atoms with Gasteiger partial charge >= 0.3 is 0 Å². The van der Waals surface area contributed by atoms with Crippen LogP contribution < -0.4 is 4.90 Å². The van der Waals surface area contributed by atoms with Gasteiger partial charge in [-0.3, -0.25) is 0 Å². The first-order valence-corrected chi connectivity index (χ1v) is 20.3. The zero-order chi connectivity index (χ0) is 36.3. The lowest BCUT2D eigenvalue weighted by atomic mass is 9.98. The van der Waals surface area contributed by atoms with Crippen LogP contribution in [0.15, 0.2) is 200 Å². The summed E-state index contributed by atoms with van der Waals surface area (Å²) in [4.78, 5) is 2.40. The maximum atomic E-state index is 2.40. The summed E-state index contributed by atoms with van der Waals surface area (Å²) < 4.78 is 5.33. The Morgan fingerprint density at radius 2 is 0.891 bits per heavy atom. The Hall–Kier alpha value is -6.52. The second-order valence-corrected chi connectivity index (χ2v) is 16.2. The zero-order valence-electron chi connectivity index (χ0n) is 29.8. The molecule has 0 fully saturated rings. The number of anilines is 3. The first-order valence-electron chi connectivity index (χ1n) is 18.7. The minimum Gasteiger partial charge on any atom is -0.310 e. The molecule has 55 heavy (non-hydrogen) atoms. The molecule has 9 aromatic carbocycles. The van der Waals surface area contributed by atoms with Gasteiger partial charge in [-0.1, -0.05) is 140 Å². The van der Waals surface area contributed by atoms with Crippen molar-refractivity contribution < 1.29 is 0 Å². The fourth-order valence-corrected chi connectivity index (χ4v) is 10.5. The Morgan fingerprint density at radius 1 is 0.309 bits per heavy atom. The van der Waals surface area contributed by atoms with Gasteiger partial charge in [-0.05, 0) is 99.3 Å². The van der Waals surface area contributed by atoms with Crippen molar-refractivity contribution in [3.63, 3.8) is 0 Å². The Kier molecular flexibility index (Phi) is 7.61. The number of benzene rings is 9. The number of rotatable bonds is 6. The van der Waals surface area contributed by atoms with Crippen molar-refractivity contribution in [2.75, 3.05) is 4.90 Å². The van der Waals surface area contributed by atoms with Crippen LogP contribution in [0.1, 0.15) is 0 Å². The molecule has 258 valence electrons. The molecule has 2 heterocycles. The minimum absolute atomic E-state index is 1.11. The maximum Gasteiger partial charge on any atom is 0.0540 e. The first kappa shape index (κ1) is 32.0. The number of para-hydroxylation sites is 1. The number of hydrogen-bond acceptors (Lipinski definition) is 3. The summed E-state index contributed by atoms with van der Waals surface area (Å²) in [6, 6.07) is 73.3. The average molecular weight is 736 g/mol. The lowest BCUT2D eigenvalue weighted by molar-refractivity contribution is 1.28. The zero-order valence-corrected chi connectivity index (χ0v) is 31.4. The average Bonchev–Trinajstić information content (AvgIpc) is 3.82. The van der Waals surface area contributed by atoms with E-state index in [2.05, 4.69) is 205 Å². The van der Waals surface area contributed by atoms with Gasteiger partial charge in [0.1, 0.15) is 0 Å². The highest BCUT2D eigenvalue weighted by molar-refractivity contribution is 7.26. The fourth-order valence-electron chi connectivity index (χ4n) is 8.17. The molecule has 0 aliphatic carbocycles. The third-order valence-corrected chi connectivity index (χ3v) is 13.2. The van der Waals surface area contributed by atoms with Crippen molar-refractivity contribution in [3.8, 4) is 33.4 Å². The van der Waals surface area contributed by atoms with E-state index in [9.17, 15) is 0 Å². The normalized spacial score (nSPS) is 11.6. The van der Waals surface area contributed by atoms with Gasteiger partial charge in [-0.15, -0.1) is 22.7 Å². The second-order valence-electron chi connectivity index (χ2n) is 14.1. The van der Waals surface area contributed by atoms with Crippen molar-refractivity contribution >= 4 is 90.9 Å². The predicted molar refractivity (Wildman–Crippen MR) is 241 cm³/mol. The lowest BCUT2D eigenvalue weighted by Crippen LogP contribution is -2.11. The van der Waals surface area contributed by atoms with Crippen LogP contribution in [0, 0.1) is 0 Å². The van der Waals surface area contributed by atoms with Crippen LogP contribution in [0.2, 0.25) is 0 Å². The quantitative estimate of drug-likeness (QED) is 0.164. The van der Waals surface area contributed by atoms with E-state index in [1.54, 1.807) is 0 Å². The molecule has 0 unspecified atom stereocenters. The molecule has 0 amide bonds. The van der Waals surface area contributed by atoms with Crippen LogP contribution in [-0.4, -0.2) is 0 Å². The number of hydrogen-bond donors (Lipinski definition) is 0. The molecule has 2 aromatic heterocycles. The smallest absolute Gasteiger partial charge is 0.0540 e. The van der Waals surface area contributed by atoms with Crippen LogP contribution >= 0.6 is 22.7 Å². The van der Waals surface area contributed by atoms with Crippen molar-refractivity contribution in [1.29, 1.82) is 0 Å². The molecular formula is C52H33NS2. The molecule has 0 atom stereocenters. The molecule has 0 spiro atoms. The molecular weight excluding hydrogens is 703 g/mol. The van der Waals surface area contributed by atoms with Crippen LogP contribution in [-0.2, 0) is 0 Å². The molecule has 0 radical (unpaired) electrons. The Morgan fingerprint density at radius 3 is 1.67 bits per heavy atom. The SMILES string of the molecule is c1ccc(-c2ccccc2N(c2ccc(-c3ccc4cc5c(cc4c3)sc3ccccc35)cc2)c2ccc(-c3cccc4c3sc3ccccc34)cc2)cc1. The van der Waals surface area contributed by atoms with Crippen molar-refractivity contribution in [2.24, 2.45) is 0 Å². The van der Waals surface area contributed by atoms with Crippen molar-refractivity contribution in [3.05, 3.63) is 200 Å². The summed E-state index contributed by atoms with van der Waals surface area (Å²) in [7, 11) is 0. The highest BCUT2D eigenvalue weighted by atomic mass is 32.1. The van der Waals surface area contributed by atoms with Gasteiger partial charge in [0.25, 0.3) is 0 Å². The third-order valence-electron chi connectivity index (χ3n) is 10.9. The molecule has 0 saturated carbocycles. The molecule has 11 aromatic rings. The first-order chi connectivity index (χ1) is 27.2. The molecule has 0 N–H and O–H groups in total. The molecule has 0 aliphatic heterocycles. The number of thiophene rings is 2. The molecule has 11 rings (SSSR count). The topological polar surface area (TPSA) is 3.24 Å². The van der Waals surface area contributed by atoms with Crippen molar-refractivity contribution in [1.82, 2.24) is 0 Å². The fraction of sp³-hybridized carbons (Fsp3) is 0. The van der Waals surface area contributed by atoms with Gasteiger partial charge in [0.15, 0.2) is 0 Å². The van der Waals surface area contributed by atoms with Crippen LogP contribution in [0.3, 0.4) is 0 Å². The van der Waals surface area contributed by atoms with Crippen molar-refractivity contribution in [2.45, 2.75) is 0 Å². The largest absolute Gasteiger partial charge is 0.310 e. The summed E-state index contributed by atoms with van der Waals surface area (Å²) in [5.74, 6) is 0. The third kappa shape index (κ3) is 5.51. The van der Waals surface area contributed by atoms with E-state index in [4.69, 9.17) is 0 Å². The Labute approximate surface area is 327 Å². The van der Waals surface area contributed by atoms with E-state index in [1.165, 1.54) is 84.5 Å². The molecule has 1 nitrogen and oxygen atoms in total. The van der Waals surface area contributed by atoms with E-state index >= 15 is 0 Å². The summed E-state index contributed by atoms with van der Waals surface area (Å²) in [6.45, 7) is 0. The molecule has 0 saturated heterocycles. The summed E-state index contributed by atoms with van der Waals surface area (Å²) in [6.07, 6.45) is 0. The van der Waals surface area contributed by atoms with Gasteiger partial charge < -0.3 is 4.90 Å². The molecule has 0 aliphatic rings. The van der Waals surface area contributed by atoms with E-state index < -0.39 is 0 Å². The second kappa shape index (κ2) is 13.1. The summed E-state index contributed by atoms with van der Waals surface area (Å²) in [5, 5.41) is 7.86. The minimum atomic E-state index is 1.11. The Balaban J connectivity index is 1.00. The van der Waals surface area contributed by atoms with Crippen LogP contribution in [0.5, 0.6) is 0 Å². The lowest BCUT2D eigenvalue weighted by Gasteiger charge is -2.28. The van der Waals surface area contributed by atoms with Gasteiger partial charge in [0, 0.05) is 57.3 Å². The number of nitrogens with zero attached hydrogens (tertiary/aromatic N) is 1. The maximum absolute atomic E-state index is 2.40. The van der Waals surface area contributed by atoms with Gasteiger partial charge in [-0.25, -0.2) is 0 Å². The van der Waals surface area contributed by atoms with E-state index in [-0.39, 0.29) is 0 Å². The Bertz CT molecular complexity index is 3190. The monoisotopic (exact) mass is 735 g/mol. The molecule has 3 heteroatoms. The summed E-state index contributed by atoms with van der Waals surface area (Å²) in [5.41, 5.74) is 10.6. The standard InChI is InChI=1S/C52H33NS2/c1-2-11-35(12-3-1)42-13-4-7-18-48(42)53(41-29-25-36(26-30-41)43-16-10-17-46-44-14-5-9-20-50(44)55-52(43)46)40-27-23-34(24-28-40)37-21-22-38-32-47-45-15-6-8-19-49(45)54-51(47)33-39(38)31-37/h1-33H. The van der Waals surface area contributed by atoms with E-state index in [0.29, 0.717) is 0 Å². The van der Waals surface area contributed by atoms with Crippen LogP contribution in [0.4, 0.5) is 17.1 Å². The van der Waals surface area contributed by atoms with E-state index in [1.807, 2.05) is 22.7 Å². The van der Waals surface area contributed by atoms with Gasteiger partial charge in [0.05, 0.1) is 5.69 Å². The highest BCUT2D eigenvalue weighted by Gasteiger charge is 2.18. The van der Waals surface area contributed by atoms with E-state index in [0.717, 1.165) is 17.1 Å². The van der Waals surface area contributed by atoms with Gasteiger partial charge in [0.2, 0.25) is 0 Å². The van der Waals surface area contributed by atoms with Crippen LogP contribution in [0.25, 0.3) is 84.5 Å². The van der Waals surface area contributed by atoms with Gasteiger partial charge in [-0.2, -0.15) is 0 Å². The predicted octanol–water partition coefficient (Wildman–Crippen LogP) is 16.0. The summed E-state index contributed by atoms with van der Waals surface area (Å²) >= 11 is 3.75. The molecule has 0 bridgehead atoms.